The van der Waals surface area contributed by atoms with E-state index in [0.29, 0.717) is 13.1 Å². The van der Waals surface area contributed by atoms with E-state index in [0.717, 1.165) is 24.0 Å². The molecule has 20 heavy (non-hydrogen) atoms. The van der Waals surface area contributed by atoms with Gasteiger partial charge in [0.05, 0.1) is 12.1 Å². The summed E-state index contributed by atoms with van der Waals surface area (Å²) < 4.78 is 0. The van der Waals surface area contributed by atoms with E-state index >= 15 is 0 Å². The third kappa shape index (κ3) is 3.33. The Morgan fingerprint density at radius 1 is 1.20 bits per heavy atom. The molecule has 4 nitrogen and oxygen atoms in total. The zero-order valence-electron chi connectivity index (χ0n) is 12.1. The Kier molecular flexibility index (Phi) is 5.07. The molecule has 0 aliphatic carbocycles. The van der Waals surface area contributed by atoms with Gasteiger partial charge in [-0.2, -0.15) is 0 Å². The number of amides is 1. The van der Waals surface area contributed by atoms with Crippen LogP contribution >= 0.6 is 0 Å². The van der Waals surface area contributed by atoms with Gasteiger partial charge in [0.1, 0.15) is 0 Å². The van der Waals surface area contributed by atoms with Gasteiger partial charge in [-0.25, -0.2) is 0 Å². The van der Waals surface area contributed by atoms with E-state index < -0.39 is 0 Å². The van der Waals surface area contributed by atoms with Gasteiger partial charge in [0.25, 0.3) is 0 Å². The molecule has 2 rings (SSSR count). The van der Waals surface area contributed by atoms with Crippen molar-refractivity contribution in [2.75, 3.05) is 19.6 Å². The zero-order chi connectivity index (χ0) is 14.4. The summed E-state index contributed by atoms with van der Waals surface area (Å²) in [5, 5.41) is 4.36. The Hall–Kier alpha value is -1.94. The minimum atomic E-state index is 0.147. The number of hydrogen-bond acceptors (Lipinski definition) is 3. The van der Waals surface area contributed by atoms with Crippen LogP contribution in [0, 0.1) is 0 Å². The average Bonchev–Trinajstić information content (AvgIpc) is 2.49. The van der Waals surface area contributed by atoms with Gasteiger partial charge in [-0.1, -0.05) is 18.2 Å². The number of hydrogen-bond donors (Lipinski definition) is 1. The second kappa shape index (κ2) is 7.01. The van der Waals surface area contributed by atoms with Crippen LogP contribution < -0.4 is 5.32 Å². The summed E-state index contributed by atoms with van der Waals surface area (Å²) in [5.74, 6) is 0.147. The van der Waals surface area contributed by atoms with Gasteiger partial charge in [-0.3, -0.25) is 9.78 Å². The van der Waals surface area contributed by atoms with Gasteiger partial charge in [0.2, 0.25) is 5.91 Å². The maximum atomic E-state index is 11.9. The lowest BCUT2D eigenvalue weighted by atomic mass is 10.1. The molecule has 0 saturated carbocycles. The first-order valence-electron chi connectivity index (χ1n) is 7.07. The number of rotatable bonds is 6. The number of benzene rings is 1. The standard InChI is InChI=1S/C16H21N3O/c1-3-19(4-2)16(20)12-17-11-13-9-10-18-15-8-6-5-7-14(13)15/h5-10,17H,3-4,11-12H2,1-2H3. The van der Waals surface area contributed by atoms with E-state index in [1.807, 2.05) is 49.2 Å². The highest BCUT2D eigenvalue weighted by atomic mass is 16.2. The van der Waals surface area contributed by atoms with Gasteiger partial charge in [0, 0.05) is 31.2 Å². The van der Waals surface area contributed by atoms with Crippen LogP contribution in [0.1, 0.15) is 19.4 Å². The maximum Gasteiger partial charge on any atom is 0.236 e. The van der Waals surface area contributed by atoms with Crippen LogP contribution in [0.15, 0.2) is 36.5 Å². The number of pyridine rings is 1. The lowest BCUT2D eigenvalue weighted by molar-refractivity contribution is -0.129. The fourth-order valence-electron chi connectivity index (χ4n) is 2.30. The first-order chi connectivity index (χ1) is 9.76. The molecule has 1 amide bonds. The second-order valence-electron chi connectivity index (χ2n) is 4.66. The Morgan fingerprint density at radius 2 is 1.95 bits per heavy atom. The monoisotopic (exact) mass is 271 g/mol. The smallest absolute Gasteiger partial charge is 0.236 e. The largest absolute Gasteiger partial charge is 0.342 e. The molecule has 0 unspecified atom stereocenters. The lowest BCUT2D eigenvalue weighted by Gasteiger charge is -2.18. The third-order valence-corrected chi connectivity index (χ3v) is 3.45. The molecule has 1 aromatic carbocycles. The number of carbonyl (C=O) groups excluding carboxylic acids is 1. The fraction of sp³-hybridized carbons (Fsp3) is 0.375. The molecule has 1 heterocycles. The molecule has 0 saturated heterocycles. The van der Waals surface area contributed by atoms with Crippen molar-refractivity contribution in [3.8, 4) is 0 Å². The van der Waals surface area contributed by atoms with Crippen LogP contribution in [0.3, 0.4) is 0 Å². The first kappa shape index (κ1) is 14.5. The van der Waals surface area contributed by atoms with Crippen molar-refractivity contribution in [1.82, 2.24) is 15.2 Å². The van der Waals surface area contributed by atoms with E-state index in [-0.39, 0.29) is 5.91 Å². The maximum absolute atomic E-state index is 11.9. The highest BCUT2D eigenvalue weighted by molar-refractivity contribution is 5.82. The quantitative estimate of drug-likeness (QED) is 0.876. The molecule has 1 aromatic heterocycles. The van der Waals surface area contributed by atoms with Crippen LogP contribution in [0.4, 0.5) is 0 Å². The molecule has 0 atom stereocenters. The van der Waals surface area contributed by atoms with Crippen LogP contribution in [0.25, 0.3) is 10.9 Å². The Bertz CT molecular complexity index is 573. The van der Waals surface area contributed by atoms with Crippen LogP contribution in [0.5, 0.6) is 0 Å². The van der Waals surface area contributed by atoms with Gasteiger partial charge in [-0.15, -0.1) is 0 Å². The molecule has 0 spiro atoms. The normalized spacial score (nSPS) is 10.7. The second-order valence-corrected chi connectivity index (χ2v) is 4.66. The summed E-state index contributed by atoms with van der Waals surface area (Å²) in [6.07, 6.45) is 1.81. The number of fused-ring (bicyclic) bond motifs is 1. The van der Waals surface area contributed by atoms with Gasteiger partial charge in [-0.05, 0) is 31.5 Å². The summed E-state index contributed by atoms with van der Waals surface area (Å²) in [5.41, 5.74) is 2.16. The SMILES string of the molecule is CCN(CC)C(=O)CNCc1ccnc2ccccc12. The zero-order valence-corrected chi connectivity index (χ0v) is 12.1. The molecule has 0 aliphatic rings. The summed E-state index contributed by atoms with van der Waals surface area (Å²) in [6.45, 7) is 6.56. The van der Waals surface area contributed by atoms with Crippen molar-refractivity contribution in [1.29, 1.82) is 0 Å². The number of nitrogens with zero attached hydrogens (tertiary/aromatic N) is 2. The molecule has 1 N–H and O–H groups in total. The number of carbonyl (C=O) groups is 1. The summed E-state index contributed by atoms with van der Waals surface area (Å²) in [7, 11) is 0. The highest BCUT2D eigenvalue weighted by Crippen LogP contribution is 2.15. The van der Waals surface area contributed by atoms with Crippen molar-refractivity contribution in [2.24, 2.45) is 0 Å². The molecule has 106 valence electrons. The van der Waals surface area contributed by atoms with Crippen molar-refractivity contribution in [2.45, 2.75) is 20.4 Å². The van der Waals surface area contributed by atoms with Crippen molar-refractivity contribution < 1.29 is 4.79 Å². The first-order valence-corrected chi connectivity index (χ1v) is 7.07. The van der Waals surface area contributed by atoms with Crippen molar-refractivity contribution >= 4 is 16.8 Å². The van der Waals surface area contributed by atoms with Crippen molar-refractivity contribution in [3.05, 3.63) is 42.1 Å². The molecule has 0 bridgehead atoms. The summed E-state index contributed by atoms with van der Waals surface area (Å²) in [6, 6.07) is 10.0. The molecule has 4 heteroatoms. The van der Waals surface area contributed by atoms with Crippen LogP contribution in [-0.2, 0) is 11.3 Å². The van der Waals surface area contributed by atoms with E-state index in [2.05, 4.69) is 16.4 Å². The predicted octanol–water partition coefficient (Wildman–Crippen LogP) is 2.19. The Balaban J connectivity index is 1.98. The molecule has 2 aromatic rings. The van der Waals surface area contributed by atoms with Gasteiger partial charge < -0.3 is 10.2 Å². The lowest BCUT2D eigenvalue weighted by Crippen LogP contribution is -2.37. The molecule has 0 aliphatic heterocycles. The average molecular weight is 271 g/mol. The molecular formula is C16H21N3O. The predicted molar refractivity (Wildman–Crippen MR) is 81.4 cm³/mol. The molecular weight excluding hydrogens is 250 g/mol. The minimum absolute atomic E-state index is 0.147. The molecule has 0 fully saturated rings. The number of likely N-dealkylation sites (N-methyl/N-ethyl adjacent to an activating group) is 1. The highest BCUT2D eigenvalue weighted by Gasteiger charge is 2.08. The van der Waals surface area contributed by atoms with E-state index in [1.54, 1.807) is 0 Å². The Labute approximate surface area is 119 Å². The van der Waals surface area contributed by atoms with Crippen LogP contribution in [0.2, 0.25) is 0 Å². The number of nitrogens with one attached hydrogen (secondary N) is 1. The minimum Gasteiger partial charge on any atom is -0.342 e. The fourth-order valence-corrected chi connectivity index (χ4v) is 2.30. The van der Waals surface area contributed by atoms with E-state index in [9.17, 15) is 4.79 Å². The Morgan fingerprint density at radius 3 is 2.70 bits per heavy atom. The summed E-state index contributed by atoms with van der Waals surface area (Å²) in [4.78, 5) is 18.1. The van der Waals surface area contributed by atoms with Gasteiger partial charge in [0.15, 0.2) is 0 Å². The number of para-hydroxylation sites is 1. The number of aromatic nitrogens is 1. The topological polar surface area (TPSA) is 45.2 Å². The van der Waals surface area contributed by atoms with E-state index in [1.165, 1.54) is 5.56 Å². The van der Waals surface area contributed by atoms with Crippen LogP contribution in [-0.4, -0.2) is 35.4 Å². The third-order valence-electron chi connectivity index (χ3n) is 3.45. The summed E-state index contributed by atoms with van der Waals surface area (Å²) >= 11 is 0. The molecule has 0 radical (unpaired) electrons. The van der Waals surface area contributed by atoms with E-state index in [4.69, 9.17) is 0 Å². The van der Waals surface area contributed by atoms with Gasteiger partial charge >= 0.3 is 0 Å². The van der Waals surface area contributed by atoms with Crippen molar-refractivity contribution in [3.63, 3.8) is 0 Å².